The van der Waals surface area contributed by atoms with Gasteiger partial charge >= 0.3 is 11.8 Å². The molecule has 0 aromatic carbocycles. The van der Waals surface area contributed by atoms with E-state index >= 15 is 0 Å². The lowest BCUT2D eigenvalue weighted by atomic mass is 10.2. The van der Waals surface area contributed by atoms with Crippen molar-refractivity contribution in [3.05, 3.63) is 36.3 Å². The average molecular weight is 264 g/mol. The summed E-state index contributed by atoms with van der Waals surface area (Å²) in [6, 6.07) is 6.61. The smallest absolute Gasteiger partial charge is 0.309 e. The maximum Gasteiger partial charge on any atom is 0.309 e. The molecule has 7 nitrogen and oxygen atoms in total. The molecule has 2 amide bonds. The van der Waals surface area contributed by atoms with Crippen LogP contribution in [0.15, 0.2) is 39.4 Å². The molecular weight excluding hydrogens is 252 g/mol. The largest absolute Gasteiger partial charge is 0.461 e. The molecule has 19 heavy (non-hydrogen) atoms. The number of furan rings is 2. The highest BCUT2D eigenvalue weighted by atomic mass is 16.4. The van der Waals surface area contributed by atoms with Crippen LogP contribution in [0.4, 0.5) is 0 Å². The van der Waals surface area contributed by atoms with Crippen molar-refractivity contribution in [2.75, 3.05) is 6.54 Å². The highest BCUT2D eigenvalue weighted by Gasteiger charge is 2.16. The molecule has 0 bridgehead atoms. The van der Waals surface area contributed by atoms with Gasteiger partial charge in [0.25, 0.3) is 0 Å². The van der Waals surface area contributed by atoms with Crippen LogP contribution in [0.25, 0.3) is 11.5 Å². The van der Waals surface area contributed by atoms with Crippen LogP contribution in [0.2, 0.25) is 0 Å². The van der Waals surface area contributed by atoms with E-state index in [-0.39, 0.29) is 12.3 Å². The van der Waals surface area contributed by atoms with Crippen molar-refractivity contribution < 1.29 is 23.5 Å². The Morgan fingerprint density at radius 3 is 2.74 bits per heavy atom. The van der Waals surface area contributed by atoms with Crippen LogP contribution < -0.4 is 11.1 Å². The Labute approximate surface area is 108 Å². The number of nitrogens with two attached hydrogens (primary N) is 1. The van der Waals surface area contributed by atoms with Crippen molar-refractivity contribution in [1.29, 1.82) is 0 Å². The van der Waals surface area contributed by atoms with E-state index in [1.807, 2.05) is 0 Å². The number of aliphatic hydroxyl groups excluding tert-OH is 1. The van der Waals surface area contributed by atoms with E-state index < -0.39 is 17.9 Å². The number of aliphatic hydroxyl groups is 1. The van der Waals surface area contributed by atoms with Crippen molar-refractivity contribution in [2.45, 2.75) is 6.10 Å². The molecule has 7 heteroatoms. The average Bonchev–Trinajstić information content (AvgIpc) is 3.04. The van der Waals surface area contributed by atoms with Crippen LogP contribution in [0.1, 0.15) is 11.9 Å². The van der Waals surface area contributed by atoms with Crippen molar-refractivity contribution >= 4 is 11.8 Å². The minimum absolute atomic E-state index is 0.174. The Balaban J connectivity index is 1.98. The Bertz CT molecular complexity index is 573. The Hall–Kier alpha value is -2.54. The molecule has 100 valence electrons. The molecule has 2 aromatic heterocycles. The SMILES string of the molecule is NC(=O)C(=O)NCC(O)c1ccc(-c2ccco2)o1. The molecule has 0 aliphatic carbocycles. The summed E-state index contributed by atoms with van der Waals surface area (Å²) in [6.45, 7) is -0.174. The summed E-state index contributed by atoms with van der Waals surface area (Å²) in [5.74, 6) is -0.837. The van der Waals surface area contributed by atoms with Gasteiger partial charge in [-0.05, 0) is 24.3 Å². The zero-order valence-electron chi connectivity index (χ0n) is 9.83. The summed E-state index contributed by atoms with van der Waals surface area (Å²) in [5.41, 5.74) is 4.76. The molecule has 0 aliphatic rings. The summed E-state index contributed by atoms with van der Waals surface area (Å²) in [4.78, 5) is 21.4. The summed E-state index contributed by atoms with van der Waals surface area (Å²) in [6.07, 6.45) is 0.424. The van der Waals surface area contributed by atoms with Crippen molar-refractivity contribution in [1.82, 2.24) is 5.32 Å². The van der Waals surface area contributed by atoms with E-state index in [1.165, 1.54) is 6.26 Å². The molecule has 0 fully saturated rings. The molecular formula is C12H12N2O5. The van der Waals surface area contributed by atoms with E-state index in [0.717, 1.165) is 0 Å². The van der Waals surface area contributed by atoms with E-state index in [0.29, 0.717) is 11.5 Å². The van der Waals surface area contributed by atoms with Gasteiger partial charge in [-0.3, -0.25) is 9.59 Å². The summed E-state index contributed by atoms with van der Waals surface area (Å²) in [5, 5.41) is 11.9. The number of primary amides is 1. The van der Waals surface area contributed by atoms with Crippen molar-refractivity contribution in [3.8, 4) is 11.5 Å². The molecule has 2 aromatic rings. The fourth-order valence-electron chi connectivity index (χ4n) is 1.46. The van der Waals surface area contributed by atoms with Gasteiger partial charge in [-0.2, -0.15) is 0 Å². The third-order valence-corrected chi connectivity index (χ3v) is 2.40. The van der Waals surface area contributed by atoms with E-state index in [9.17, 15) is 14.7 Å². The van der Waals surface area contributed by atoms with Crippen LogP contribution in [-0.2, 0) is 9.59 Å². The van der Waals surface area contributed by atoms with Gasteiger partial charge in [-0.1, -0.05) is 0 Å². The molecule has 4 N–H and O–H groups in total. The lowest BCUT2D eigenvalue weighted by molar-refractivity contribution is -0.137. The van der Waals surface area contributed by atoms with Gasteiger partial charge in [0.05, 0.1) is 12.8 Å². The van der Waals surface area contributed by atoms with Crippen LogP contribution in [-0.4, -0.2) is 23.5 Å². The number of rotatable bonds is 4. The van der Waals surface area contributed by atoms with Crippen molar-refractivity contribution in [2.24, 2.45) is 5.73 Å². The number of hydrogen-bond donors (Lipinski definition) is 3. The second-order valence-corrected chi connectivity index (χ2v) is 3.77. The lowest BCUT2D eigenvalue weighted by Gasteiger charge is -2.07. The number of hydrogen-bond acceptors (Lipinski definition) is 5. The molecule has 2 rings (SSSR count). The van der Waals surface area contributed by atoms with Crippen molar-refractivity contribution in [3.63, 3.8) is 0 Å². The summed E-state index contributed by atoms with van der Waals surface area (Å²) in [7, 11) is 0. The van der Waals surface area contributed by atoms with Gasteiger partial charge in [-0.25, -0.2) is 0 Å². The Kier molecular flexibility index (Phi) is 3.67. The van der Waals surface area contributed by atoms with Gasteiger partial charge < -0.3 is 25.0 Å². The Morgan fingerprint density at radius 2 is 2.11 bits per heavy atom. The molecule has 0 saturated heterocycles. The molecule has 1 atom stereocenters. The number of amides is 2. The highest BCUT2D eigenvalue weighted by Crippen LogP contribution is 2.25. The minimum Gasteiger partial charge on any atom is -0.461 e. The number of carbonyl (C=O) groups is 2. The fourth-order valence-corrected chi connectivity index (χ4v) is 1.46. The maximum atomic E-state index is 10.9. The van der Waals surface area contributed by atoms with Gasteiger partial charge in [0, 0.05) is 0 Å². The number of carbonyl (C=O) groups excluding carboxylic acids is 2. The topological polar surface area (TPSA) is 119 Å². The first-order valence-corrected chi connectivity index (χ1v) is 5.47. The normalized spacial score (nSPS) is 12.1. The zero-order valence-corrected chi connectivity index (χ0v) is 9.83. The standard InChI is InChI=1S/C12H12N2O5/c13-11(16)12(17)14-6-7(15)8-3-4-10(19-8)9-2-1-5-18-9/h1-5,7,15H,6H2,(H2,13,16)(H,14,17). The third kappa shape index (κ3) is 3.02. The maximum absolute atomic E-state index is 10.9. The zero-order chi connectivity index (χ0) is 13.8. The van der Waals surface area contributed by atoms with E-state index in [2.05, 4.69) is 5.32 Å². The van der Waals surface area contributed by atoms with Gasteiger partial charge in [0.2, 0.25) is 0 Å². The van der Waals surface area contributed by atoms with Gasteiger partial charge in [0.15, 0.2) is 11.5 Å². The van der Waals surface area contributed by atoms with Gasteiger partial charge in [0.1, 0.15) is 11.9 Å². The quantitative estimate of drug-likeness (QED) is 0.680. The van der Waals surface area contributed by atoms with Crippen LogP contribution in [0.5, 0.6) is 0 Å². The molecule has 2 heterocycles. The second kappa shape index (κ2) is 5.40. The molecule has 1 unspecified atom stereocenters. The Morgan fingerprint density at radius 1 is 1.32 bits per heavy atom. The summed E-state index contributed by atoms with van der Waals surface area (Å²) >= 11 is 0. The van der Waals surface area contributed by atoms with Crippen LogP contribution in [0.3, 0.4) is 0 Å². The predicted molar refractivity (Wildman–Crippen MR) is 63.6 cm³/mol. The van der Waals surface area contributed by atoms with E-state index in [1.54, 1.807) is 24.3 Å². The predicted octanol–water partition coefficient (Wildman–Crippen LogP) is 0.175. The first kappa shape index (κ1) is 12.9. The summed E-state index contributed by atoms with van der Waals surface area (Å²) < 4.78 is 10.5. The first-order valence-electron chi connectivity index (χ1n) is 5.47. The van der Waals surface area contributed by atoms with E-state index in [4.69, 9.17) is 14.6 Å². The lowest BCUT2D eigenvalue weighted by Crippen LogP contribution is -2.38. The minimum atomic E-state index is -1.11. The first-order chi connectivity index (χ1) is 9.08. The number of nitrogens with one attached hydrogen (secondary N) is 1. The molecule has 0 spiro atoms. The van der Waals surface area contributed by atoms with Crippen LogP contribution >= 0.6 is 0 Å². The molecule has 0 radical (unpaired) electrons. The second-order valence-electron chi connectivity index (χ2n) is 3.77. The molecule has 0 saturated carbocycles. The van der Waals surface area contributed by atoms with Crippen LogP contribution in [0, 0.1) is 0 Å². The monoisotopic (exact) mass is 264 g/mol. The fraction of sp³-hybridized carbons (Fsp3) is 0.167. The third-order valence-electron chi connectivity index (χ3n) is 2.40. The molecule has 0 aliphatic heterocycles. The highest BCUT2D eigenvalue weighted by molar-refractivity contribution is 6.34. The van der Waals surface area contributed by atoms with Gasteiger partial charge in [-0.15, -0.1) is 0 Å².